The Balaban J connectivity index is 2.55. The molecule has 1 unspecified atom stereocenters. The number of methoxy groups -OCH3 is 1. The maximum atomic E-state index is 13.7. The SMILES string of the molecule is COc1cccc(F)c1C(O)c1cc(F)ccc1F. The third-order valence-corrected chi connectivity index (χ3v) is 2.76. The van der Waals surface area contributed by atoms with Gasteiger partial charge in [-0.05, 0) is 30.3 Å². The molecule has 2 nitrogen and oxygen atoms in total. The number of rotatable bonds is 3. The topological polar surface area (TPSA) is 29.5 Å². The summed E-state index contributed by atoms with van der Waals surface area (Å²) in [4.78, 5) is 0. The highest BCUT2D eigenvalue weighted by Crippen LogP contribution is 2.33. The first-order valence-electron chi connectivity index (χ1n) is 5.50. The summed E-state index contributed by atoms with van der Waals surface area (Å²) in [5.74, 6) is -2.23. The third-order valence-electron chi connectivity index (χ3n) is 2.76. The summed E-state index contributed by atoms with van der Waals surface area (Å²) in [6.45, 7) is 0. The number of halogens is 3. The van der Waals surface area contributed by atoms with Crippen molar-refractivity contribution in [3.05, 3.63) is 65.0 Å². The summed E-state index contributed by atoms with van der Waals surface area (Å²) in [7, 11) is 1.30. The van der Waals surface area contributed by atoms with Gasteiger partial charge in [0.1, 0.15) is 29.3 Å². The van der Waals surface area contributed by atoms with Gasteiger partial charge in [0.2, 0.25) is 0 Å². The smallest absolute Gasteiger partial charge is 0.133 e. The van der Waals surface area contributed by atoms with Crippen LogP contribution in [-0.4, -0.2) is 12.2 Å². The molecule has 5 heteroatoms. The van der Waals surface area contributed by atoms with Crippen LogP contribution in [0.4, 0.5) is 13.2 Å². The molecule has 0 saturated carbocycles. The number of benzene rings is 2. The van der Waals surface area contributed by atoms with E-state index in [2.05, 4.69) is 0 Å². The highest BCUT2D eigenvalue weighted by Gasteiger charge is 2.23. The molecule has 0 spiro atoms. The summed E-state index contributed by atoms with van der Waals surface area (Å²) < 4.78 is 45.4. The van der Waals surface area contributed by atoms with E-state index in [1.807, 2.05) is 0 Å². The average Bonchev–Trinajstić information content (AvgIpc) is 2.40. The van der Waals surface area contributed by atoms with Gasteiger partial charge in [0.05, 0.1) is 12.7 Å². The first-order chi connectivity index (χ1) is 9.04. The molecule has 2 aromatic carbocycles. The quantitative estimate of drug-likeness (QED) is 0.926. The van der Waals surface area contributed by atoms with Crippen LogP contribution in [0.3, 0.4) is 0 Å². The molecule has 1 atom stereocenters. The number of aliphatic hydroxyl groups excluding tert-OH is 1. The first-order valence-corrected chi connectivity index (χ1v) is 5.50. The minimum Gasteiger partial charge on any atom is -0.496 e. The molecule has 0 amide bonds. The van der Waals surface area contributed by atoms with Crippen molar-refractivity contribution >= 4 is 0 Å². The predicted octanol–water partition coefficient (Wildman–Crippen LogP) is 3.19. The van der Waals surface area contributed by atoms with E-state index in [4.69, 9.17) is 4.74 Å². The average molecular weight is 268 g/mol. The van der Waals surface area contributed by atoms with Crippen LogP contribution in [0.25, 0.3) is 0 Å². The molecule has 0 radical (unpaired) electrons. The van der Waals surface area contributed by atoms with Crippen LogP contribution < -0.4 is 4.74 Å². The second-order valence-corrected chi connectivity index (χ2v) is 3.92. The van der Waals surface area contributed by atoms with Crippen LogP contribution in [-0.2, 0) is 0 Å². The molecule has 0 aromatic heterocycles. The molecule has 2 rings (SSSR count). The minimum absolute atomic E-state index is 0.0659. The molecule has 19 heavy (non-hydrogen) atoms. The largest absolute Gasteiger partial charge is 0.496 e. The van der Waals surface area contributed by atoms with Gasteiger partial charge in [-0.3, -0.25) is 0 Å². The van der Waals surface area contributed by atoms with E-state index >= 15 is 0 Å². The van der Waals surface area contributed by atoms with Crippen molar-refractivity contribution in [2.75, 3.05) is 7.11 Å². The van der Waals surface area contributed by atoms with E-state index in [1.165, 1.54) is 19.2 Å². The summed E-state index contributed by atoms with van der Waals surface area (Å²) >= 11 is 0. The van der Waals surface area contributed by atoms with Gasteiger partial charge in [0.15, 0.2) is 0 Å². The first kappa shape index (κ1) is 13.4. The van der Waals surface area contributed by atoms with Gasteiger partial charge in [-0.15, -0.1) is 0 Å². The minimum atomic E-state index is -1.65. The molecule has 0 heterocycles. The van der Waals surface area contributed by atoms with Crippen molar-refractivity contribution in [3.63, 3.8) is 0 Å². The number of hydrogen-bond acceptors (Lipinski definition) is 2. The standard InChI is InChI=1S/C14H11F3O2/c1-19-12-4-2-3-11(17)13(12)14(18)9-7-8(15)5-6-10(9)16/h2-7,14,18H,1H3. The van der Waals surface area contributed by atoms with Crippen molar-refractivity contribution in [1.82, 2.24) is 0 Å². The Hall–Kier alpha value is -2.01. The van der Waals surface area contributed by atoms with E-state index in [0.29, 0.717) is 0 Å². The molecular weight excluding hydrogens is 257 g/mol. The van der Waals surface area contributed by atoms with E-state index in [0.717, 1.165) is 24.3 Å². The van der Waals surface area contributed by atoms with Crippen molar-refractivity contribution in [2.24, 2.45) is 0 Å². The van der Waals surface area contributed by atoms with Gasteiger partial charge in [-0.1, -0.05) is 6.07 Å². The van der Waals surface area contributed by atoms with Gasteiger partial charge in [0, 0.05) is 5.56 Å². The number of hydrogen-bond donors (Lipinski definition) is 1. The van der Waals surface area contributed by atoms with Crippen LogP contribution >= 0.6 is 0 Å². The Morgan fingerprint density at radius 1 is 1.05 bits per heavy atom. The highest BCUT2D eigenvalue weighted by molar-refractivity contribution is 5.41. The van der Waals surface area contributed by atoms with Crippen molar-refractivity contribution in [3.8, 4) is 5.75 Å². The van der Waals surface area contributed by atoms with E-state index in [1.54, 1.807) is 0 Å². The third kappa shape index (κ3) is 2.56. The van der Waals surface area contributed by atoms with Gasteiger partial charge in [0.25, 0.3) is 0 Å². The highest BCUT2D eigenvalue weighted by atomic mass is 19.1. The Kier molecular flexibility index (Phi) is 3.76. The normalized spacial score (nSPS) is 12.3. The van der Waals surface area contributed by atoms with E-state index in [9.17, 15) is 18.3 Å². The maximum absolute atomic E-state index is 13.7. The van der Waals surface area contributed by atoms with Gasteiger partial charge < -0.3 is 9.84 Å². The van der Waals surface area contributed by atoms with Crippen LogP contribution in [0, 0.1) is 17.5 Å². The van der Waals surface area contributed by atoms with Crippen LogP contribution in [0.15, 0.2) is 36.4 Å². The Morgan fingerprint density at radius 2 is 1.79 bits per heavy atom. The Morgan fingerprint density at radius 3 is 2.47 bits per heavy atom. The molecule has 100 valence electrons. The molecule has 0 aliphatic carbocycles. The van der Waals surface area contributed by atoms with Crippen molar-refractivity contribution < 1.29 is 23.0 Å². The zero-order valence-corrected chi connectivity index (χ0v) is 10.0. The molecule has 1 N–H and O–H groups in total. The van der Waals surface area contributed by atoms with Gasteiger partial charge in [-0.25, -0.2) is 13.2 Å². The summed E-state index contributed by atoms with van der Waals surface area (Å²) in [6, 6.07) is 6.56. The molecule has 2 aromatic rings. The lowest BCUT2D eigenvalue weighted by Gasteiger charge is -2.16. The summed E-state index contributed by atoms with van der Waals surface area (Å²) in [6.07, 6.45) is -1.65. The predicted molar refractivity (Wildman–Crippen MR) is 63.4 cm³/mol. The zero-order valence-electron chi connectivity index (χ0n) is 10.0. The molecule has 0 aliphatic heterocycles. The molecule has 0 saturated heterocycles. The number of ether oxygens (including phenoxy) is 1. The summed E-state index contributed by atoms with van der Waals surface area (Å²) in [5.41, 5.74) is -0.571. The lowest BCUT2D eigenvalue weighted by atomic mass is 9.99. The van der Waals surface area contributed by atoms with E-state index in [-0.39, 0.29) is 16.9 Å². The molecule has 0 fully saturated rings. The molecule has 0 bridgehead atoms. The van der Waals surface area contributed by atoms with Crippen LogP contribution in [0.2, 0.25) is 0 Å². The molecular formula is C14H11F3O2. The van der Waals surface area contributed by atoms with Crippen LogP contribution in [0.1, 0.15) is 17.2 Å². The van der Waals surface area contributed by atoms with E-state index < -0.39 is 23.6 Å². The second-order valence-electron chi connectivity index (χ2n) is 3.92. The Labute approximate surface area is 108 Å². The monoisotopic (exact) mass is 268 g/mol. The lowest BCUT2D eigenvalue weighted by molar-refractivity contribution is 0.203. The van der Waals surface area contributed by atoms with Crippen molar-refractivity contribution in [2.45, 2.75) is 6.10 Å². The fourth-order valence-electron chi connectivity index (χ4n) is 1.84. The Bertz CT molecular complexity index is 599. The fourth-order valence-corrected chi connectivity index (χ4v) is 1.84. The summed E-state index contributed by atoms with van der Waals surface area (Å²) in [5, 5.41) is 10.1. The van der Waals surface area contributed by atoms with Crippen molar-refractivity contribution in [1.29, 1.82) is 0 Å². The molecule has 0 aliphatic rings. The van der Waals surface area contributed by atoms with Gasteiger partial charge >= 0.3 is 0 Å². The second kappa shape index (κ2) is 5.32. The number of aliphatic hydroxyl groups is 1. The zero-order chi connectivity index (χ0) is 14.0. The van der Waals surface area contributed by atoms with Crippen LogP contribution in [0.5, 0.6) is 5.75 Å². The van der Waals surface area contributed by atoms with Gasteiger partial charge in [-0.2, -0.15) is 0 Å². The lowest BCUT2D eigenvalue weighted by Crippen LogP contribution is -2.07. The fraction of sp³-hybridized carbons (Fsp3) is 0.143. The maximum Gasteiger partial charge on any atom is 0.133 e.